The number of aromatic nitrogens is 2. The Morgan fingerprint density at radius 3 is 2.48 bits per heavy atom. The van der Waals surface area contributed by atoms with Crippen molar-refractivity contribution in [2.75, 3.05) is 13.2 Å². The third-order valence-corrected chi connectivity index (χ3v) is 3.79. The molecule has 0 spiro atoms. The summed E-state index contributed by atoms with van der Waals surface area (Å²) in [5, 5.41) is 4.68. The summed E-state index contributed by atoms with van der Waals surface area (Å²) in [6, 6.07) is 8.05. The number of nitrogens with two attached hydrogens (primary N) is 1. The maximum atomic E-state index is 5.74. The van der Waals surface area contributed by atoms with Crippen LogP contribution in [0, 0.1) is 19.8 Å². The van der Waals surface area contributed by atoms with E-state index in [-0.39, 0.29) is 0 Å². The number of aryl methyl sites for hydroxylation is 1. The summed E-state index contributed by atoms with van der Waals surface area (Å²) in [4.78, 5) is 0. The van der Waals surface area contributed by atoms with Gasteiger partial charge >= 0.3 is 0 Å². The minimum Gasteiger partial charge on any atom is -0.494 e. The monoisotopic (exact) mass is 287 g/mol. The Bertz CT molecular complexity index is 587. The first-order chi connectivity index (χ1) is 10.1. The van der Waals surface area contributed by atoms with E-state index in [1.54, 1.807) is 0 Å². The van der Waals surface area contributed by atoms with Gasteiger partial charge in [0, 0.05) is 5.69 Å². The molecule has 2 N–H and O–H groups in total. The molecule has 0 bridgehead atoms. The summed E-state index contributed by atoms with van der Waals surface area (Å²) >= 11 is 0. The highest BCUT2D eigenvalue weighted by Gasteiger charge is 2.14. The highest BCUT2D eigenvalue weighted by atomic mass is 16.5. The Morgan fingerprint density at radius 1 is 1.24 bits per heavy atom. The molecule has 114 valence electrons. The molecule has 2 rings (SSSR count). The Morgan fingerprint density at radius 2 is 1.90 bits per heavy atom. The maximum Gasteiger partial charge on any atom is 0.119 e. The molecule has 0 aliphatic heterocycles. The molecule has 4 heteroatoms. The van der Waals surface area contributed by atoms with E-state index in [2.05, 4.69) is 25.9 Å². The second kappa shape index (κ2) is 6.76. The van der Waals surface area contributed by atoms with Crippen LogP contribution in [0.25, 0.3) is 5.69 Å². The summed E-state index contributed by atoms with van der Waals surface area (Å²) in [5.41, 5.74) is 10.4. The average molecular weight is 287 g/mol. The van der Waals surface area contributed by atoms with Gasteiger partial charge in [0.05, 0.1) is 18.0 Å². The van der Waals surface area contributed by atoms with Crippen LogP contribution in [0.5, 0.6) is 5.75 Å². The zero-order chi connectivity index (χ0) is 15.4. The van der Waals surface area contributed by atoms with Crippen molar-refractivity contribution >= 4 is 0 Å². The first-order valence-electron chi connectivity index (χ1n) is 7.55. The smallest absolute Gasteiger partial charge is 0.119 e. The van der Waals surface area contributed by atoms with Crippen molar-refractivity contribution in [3.8, 4) is 11.4 Å². The van der Waals surface area contributed by atoms with Crippen molar-refractivity contribution in [3.05, 3.63) is 41.2 Å². The van der Waals surface area contributed by atoms with Gasteiger partial charge in [-0.25, -0.2) is 4.68 Å². The minimum atomic E-state index is 0.473. The summed E-state index contributed by atoms with van der Waals surface area (Å²) in [5.74, 6) is 1.36. The van der Waals surface area contributed by atoms with Crippen LogP contribution in [0.1, 0.15) is 30.8 Å². The minimum absolute atomic E-state index is 0.473. The van der Waals surface area contributed by atoms with Gasteiger partial charge in [-0.1, -0.05) is 6.92 Å². The standard InChI is InChI=1S/C17H25N3O/c1-5-21-16-8-6-15(7-9-16)20-14(4)17(13(3)19-20)10-12(2)11-18/h6-9,12H,5,10-11,18H2,1-4H3. The number of hydrogen-bond donors (Lipinski definition) is 1. The quantitative estimate of drug-likeness (QED) is 0.888. The molecule has 0 saturated heterocycles. The third kappa shape index (κ3) is 3.45. The molecule has 21 heavy (non-hydrogen) atoms. The van der Waals surface area contributed by atoms with E-state index in [1.807, 2.05) is 35.9 Å². The lowest BCUT2D eigenvalue weighted by atomic mass is 10.00. The molecular weight excluding hydrogens is 262 g/mol. The Kier molecular flexibility index (Phi) is 5.02. The van der Waals surface area contributed by atoms with Gasteiger partial charge in [0.1, 0.15) is 5.75 Å². The highest BCUT2D eigenvalue weighted by molar-refractivity contribution is 5.40. The number of hydrogen-bond acceptors (Lipinski definition) is 3. The largest absolute Gasteiger partial charge is 0.494 e. The Balaban J connectivity index is 2.30. The molecule has 1 aromatic carbocycles. The van der Waals surface area contributed by atoms with Gasteiger partial charge in [-0.05, 0) is 69.5 Å². The van der Waals surface area contributed by atoms with E-state index in [0.29, 0.717) is 19.1 Å². The summed E-state index contributed by atoms with van der Waals surface area (Å²) < 4.78 is 7.48. The van der Waals surface area contributed by atoms with Crippen LogP contribution in [0.15, 0.2) is 24.3 Å². The number of rotatable bonds is 6. The number of benzene rings is 1. The van der Waals surface area contributed by atoms with Crippen LogP contribution in [0.3, 0.4) is 0 Å². The van der Waals surface area contributed by atoms with E-state index in [0.717, 1.165) is 23.6 Å². The van der Waals surface area contributed by atoms with Crippen molar-refractivity contribution in [1.82, 2.24) is 9.78 Å². The van der Waals surface area contributed by atoms with E-state index >= 15 is 0 Å². The third-order valence-electron chi connectivity index (χ3n) is 3.79. The van der Waals surface area contributed by atoms with Gasteiger partial charge in [-0.2, -0.15) is 5.10 Å². The number of nitrogens with zero attached hydrogens (tertiary/aromatic N) is 2. The first-order valence-corrected chi connectivity index (χ1v) is 7.55. The molecular formula is C17H25N3O. The van der Waals surface area contributed by atoms with Gasteiger partial charge in [-0.3, -0.25) is 0 Å². The predicted octanol–water partition coefficient (Wildman–Crippen LogP) is 3.03. The maximum absolute atomic E-state index is 5.74. The van der Waals surface area contributed by atoms with Crippen molar-refractivity contribution in [2.45, 2.75) is 34.1 Å². The van der Waals surface area contributed by atoms with Crippen LogP contribution in [0.4, 0.5) is 0 Å². The topological polar surface area (TPSA) is 53.1 Å². The fraction of sp³-hybridized carbons (Fsp3) is 0.471. The SMILES string of the molecule is CCOc1ccc(-n2nc(C)c(CC(C)CN)c2C)cc1. The fourth-order valence-electron chi connectivity index (χ4n) is 2.50. The van der Waals surface area contributed by atoms with E-state index in [1.165, 1.54) is 11.3 Å². The van der Waals surface area contributed by atoms with E-state index < -0.39 is 0 Å². The van der Waals surface area contributed by atoms with Gasteiger partial charge in [0.2, 0.25) is 0 Å². The highest BCUT2D eigenvalue weighted by Crippen LogP contribution is 2.22. The zero-order valence-electron chi connectivity index (χ0n) is 13.4. The lowest BCUT2D eigenvalue weighted by Gasteiger charge is -2.10. The molecule has 4 nitrogen and oxygen atoms in total. The zero-order valence-corrected chi connectivity index (χ0v) is 13.4. The van der Waals surface area contributed by atoms with Gasteiger partial charge in [0.25, 0.3) is 0 Å². The second-order valence-corrected chi connectivity index (χ2v) is 5.53. The molecule has 0 fully saturated rings. The summed E-state index contributed by atoms with van der Waals surface area (Å²) in [7, 11) is 0. The van der Waals surface area contributed by atoms with Crippen molar-refractivity contribution in [1.29, 1.82) is 0 Å². The molecule has 0 radical (unpaired) electrons. The van der Waals surface area contributed by atoms with Crippen molar-refractivity contribution in [2.24, 2.45) is 11.7 Å². The average Bonchev–Trinajstić information content (AvgIpc) is 2.76. The van der Waals surface area contributed by atoms with Gasteiger partial charge in [-0.15, -0.1) is 0 Å². The predicted molar refractivity (Wildman–Crippen MR) is 86.1 cm³/mol. The Labute approximate surface area is 126 Å². The van der Waals surface area contributed by atoms with Crippen LogP contribution in [-0.4, -0.2) is 22.9 Å². The Hall–Kier alpha value is -1.81. The van der Waals surface area contributed by atoms with Crippen LogP contribution < -0.4 is 10.5 Å². The molecule has 0 amide bonds. The van der Waals surface area contributed by atoms with E-state index in [9.17, 15) is 0 Å². The molecule has 1 unspecified atom stereocenters. The van der Waals surface area contributed by atoms with Gasteiger partial charge < -0.3 is 10.5 Å². The summed E-state index contributed by atoms with van der Waals surface area (Å²) in [6.45, 7) is 9.73. The van der Waals surface area contributed by atoms with Crippen LogP contribution >= 0.6 is 0 Å². The normalized spacial score (nSPS) is 12.4. The number of ether oxygens (including phenoxy) is 1. The molecule has 1 atom stereocenters. The molecule has 0 aliphatic rings. The lowest BCUT2D eigenvalue weighted by molar-refractivity contribution is 0.340. The fourth-order valence-corrected chi connectivity index (χ4v) is 2.50. The molecule has 0 aliphatic carbocycles. The van der Waals surface area contributed by atoms with Crippen LogP contribution in [-0.2, 0) is 6.42 Å². The lowest BCUT2D eigenvalue weighted by Crippen LogP contribution is -2.14. The first kappa shape index (κ1) is 15.6. The molecule has 0 saturated carbocycles. The second-order valence-electron chi connectivity index (χ2n) is 5.53. The molecule has 1 aromatic heterocycles. The van der Waals surface area contributed by atoms with Crippen molar-refractivity contribution in [3.63, 3.8) is 0 Å². The summed E-state index contributed by atoms with van der Waals surface area (Å²) in [6.07, 6.45) is 0.977. The molecule has 2 aromatic rings. The van der Waals surface area contributed by atoms with E-state index in [4.69, 9.17) is 10.5 Å². The van der Waals surface area contributed by atoms with Gasteiger partial charge in [0.15, 0.2) is 0 Å². The molecule has 1 heterocycles. The van der Waals surface area contributed by atoms with Crippen molar-refractivity contribution < 1.29 is 4.74 Å². The van der Waals surface area contributed by atoms with Crippen LogP contribution in [0.2, 0.25) is 0 Å².